The van der Waals surface area contributed by atoms with E-state index in [1.807, 2.05) is 0 Å². The maximum Gasteiger partial charge on any atom is 0.176 e. The van der Waals surface area contributed by atoms with Crippen LogP contribution in [0.4, 0.5) is 0 Å². The van der Waals surface area contributed by atoms with Crippen LogP contribution < -0.4 is 9.47 Å². The van der Waals surface area contributed by atoms with Gasteiger partial charge >= 0.3 is 0 Å². The summed E-state index contributed by atoms with van der Waals surface area (Å²) in [5.74, 6) is 1.47. The molecule has 0 radical (unpaired) electrons. The molecule has 0 aliphatic carbocycles. The minimum atomic E-state index is -0.288. The van der Waals surface area contributed by atoms with Crippen molar-refractivity contribution in [3.8, 4) is 34.1 Å². The molecule has 0 fully saturated rings. The number of methoxy groups -OCH3 is 2. The summed E-state index contributed by atoms with van der Waals surface area (Å²) in [7, 11) is 3.11. The van der Waals surface area contributed by atoms with E-state index in [4.69, 9.17) is 37.2 Å². The number of hydrogen-bond donors (Lipinski definition) is 1. The fraction of sp³-hybridized carbons (Fsp3) is 0.167. The van der Waals surface area contributed by atoms with Crippen LogP contribution in [0.5, 0.6) is 11.5 Å². The van der Waals surface area contributed by atoms with E-state index in [2.05, 4.69) is 5.16 Å². The van der Waals surface area contributed by atoms with E-state index in [-0.39, 0.29) is 6.61 Å². The van der Waals surface area contributed by atoms with E-state index >= 15 is 0 Å². The van der Waals surface area contributed by atoms with Gasteiger partial charge in [-0.05, 0) is 30.3 Å². The van der Waals surface area contributed by atoms with Crippen molar-refractivity contribution >= 4 is 23.2 Å². The monoisotopic (exact) mass is 379 g/mol. The zero-order valence-corrected chi connectivity index (χ0v) is 15.1. The van der Waals surface area contributed by atoms with Crippen molar-refractivity contribution in [3.63, 3.8) is 0 Å². The molecule has 25 heavy (non-hydrogen) atoms. The molecule has 1 heterocycles. The minimum Gasteiger partial charge on any atom is -0.493 e. The first-order chi connectivity index (χ1) is 12.1. The second-order valence-corrected chi connectivity index (χ2v) is 5.98. The molecule has 0 aliphatic rings. The van der Waals surface area contributed by atoms with Gasteiger partial charge in [-0.15, -0.1) is 0 Å². The van der Waals surface area contributed by atoms with Crippen molar-refractivity contribution in [2.75, 3.05) is 14.2 Å². The lowest BCUT2D eigenvalue weighted by Crippen LogP contribution is -1.93. The molecule has 0 saturated carbocycles. The zero-order chi connectivity index (χ0) is 18.0. The van der Waals surface area contributed by atoms with Gasteiger partial charge in [0.15, 0.2) is 17.3 Å². The molecule has 5 nitrogen and oxygen atoms in total. The Labute approximate surface area is 154 Å². The highest BCUT2D eigenvalue weighted by Crippen LogP contribution is 2.41. The van der Waals surface area contributed by atoms with Crippen molar-refractivity contribution in [2.24, 2.45) is 0 Å². The van der Waals surface area contributed by atoms with E-state index < -0.39 is 0 Å². The van der Waals surface area contributed by atoms with E-state index in [0.29, 0.717) is 49.7 Å². The van der Waals surface area contributed by atoms with E-state index in [0.717, 1.165) is 0 Å². The third kappa shape index (κ3) is 3.18. The molecule has 3 rings (SSSR count). The molecule has 130 valence electrons. The molecule has 0 bridgehead atoms. The number of halogens is 2. The zero-order valence-electron chi connectivity index (χ0n) is 13.5. The second-order valence-electron chi connectivity index (χ2n) is 5.16. The van der Waals surface area contributed by atoms with Gasteiger partial charge in [-0.3, -0.25) is 0 Å². The second kappa shape index (κ2) is 7.35. The van der Waals surface area contributed by atoms with Gasteiger partial charge in [0.2, 0.25) is 0 Å². The predicted molar refractivity (Wildman–Crippen MR) is 96.4 cm³/mol. The average Bonchev–Trinajstić information content (AvgIpc) is 3.04. The lowest BCUT2D eigenvalue weighted by atomic mass is 10.0. The molecular formula is C18H15Cl2NO4. The molecule has 1 aromatic heterocycles. The summed E-state index contributed by atoms with van der Waals surface area (Å²) in [5, 5.41) is 14.8. The maximum atomic E-state index is 9.88. The summed E-state index contributed by atoms with van der Waals surface area (Å²) in [6, 6.07) is 10.4. The third-order valence-electron chi connectivity index (χ3n) is 3.79. The van der Waals surface area contributed by atoms with Crippen LogP contribution in [0.2, 0.25) is 10.0 Å². The van der Waals surface area contributed by atoms with Crippen LogP contribution in [0.3, 0.4) is 0 Å². The minimum absolute atomic E-state index is 0.288. The van der Waals surface area contributed by atoms with E-state index in [1.54, 1.807) is 50.6 Å². The summed E-state index contributed by atoms with van der Waals surface area (Å²) in [6.45, 7) is -0.288. The lowest BCUT2D eigenvalue weighted by molar-refractivity contribution is 0.281. The van der Waals surface area contributed by atoms with Crippen LogP contribution in [0.1, 0.15) is 5.56 Å². The fourth-order valence-corrected chi connectivity index (χ4v) is 3.15. The number of rotatable bonds is 5. The number of aliphatic hydroxyl groups excluding tert-OH is 1. The van der Waals surface area contributed by atoms with Gasteiger partial charge in [-0.1, -0.05) is 34.4 Å². The fourth-order valence-electron chi connectivity index (χ4n) is 2.58. The number of hydrogen-bond acceptors (Lipinski definition) is 5. The van der Waals surface area contributed by atoms with Crippen molar-refractivity contribution < 1.29 is 19.1 Å². The van der Waals surface area contributed by atoms with Crippen LogP contribution in [0, 0.1) is 0 Å². The summed E-state index contributed by atoms with van der Waals surface area (Å²) in [6.07, 6.45) is 0. The summed E-state index contributed by atoms with van der Waals surface area (Å²) in [4.78, 5) is 0. The summed E-state index contributed by atoms with van der Waals surface area (Å²) in [5.41, 5.74) is 2.17. The van der Waals surface area contributed by atoms with Crippen molar-refractivity contribution in [2.45, 2.75) is 6.61 Å². The summed E-state index contributed by atoms with van der Waals surface area (Å²) >= 11 is 12.5. The van der Waals surface area contributed by atoms with Crippen molar-refractivity contribution in [1.82, 2.24) is 5.16 Å². The lowest BCUT2D eigenvalue weighted by Gasteiger charge is -2.09. The van der Waals surface area contributed by atoms with Crippen LogP contribution in [-0.4, -0.2) is 24.5 Å². The molecule has 2 aromatic carbocycles. The van der Waals surface area contributed by atoms with Gasteiger partial charge in [0.05, 0.1) is 42.0 Å². The standard InChI is InChI=1S/C18H15Cl2NO4/c1-23-14-7-6-10(8-15(14)24-2)17-11(9-22)18(25-21-17)16-12(19)4-3-5-13(16)20/h3-8,22H,9H2,1-2H3. The van der Waals surface area contributed by atoms with Crippen molar-refractivity contribution in [3.05, 3.63) is 52.0 Å². The van der Waals surface area contributed by atoms with Crippen LogP contribution in [0.25, 0.3) is 22.6 Å². The Morgan fingerprint density at radius 1 is 1.04 bits per heavy atom. The molecule has 0 amide bonds. The maximum absolute atomic E-state index is 9.88. The van der Waals surface area contributed by atoms with Gasteiger partial charge in [0, 0.05) is 5.56 Å². The van der Waals surface area contributed by atoms with Gasteiger partial charge in [-0.25, -0.2) is 0 Å². The number of nitrogens with zero attached hydrogens (tertiary/aromatic N) is 1. The third-order valence-corrected chi connectivity index (χ3v) is 4.42. The van der Waals surface area contributed by atoms with Gasteiger partial charge in [-0.2, -0.15) is 0 Å². The van der Waals surface area contributed by atoms with Gasteiger partial charge in [0.1, 0.15) is 5.69 Å². The Balaban J connectivity index is 2.16. The Morgan fingerprint density at radius 3 is 2.32 bits per heavy atom. The Morgan fingerprint density at radius 2 is 1.72 bits per heavy atom. The first kappa shape index (κ1) is 17.6. The molecule has 3 aromatic rings. The first-order valence-corrected chi connectivity index (χ1v) is 8.12. The van der Waals surface area contributed by atoms with Crippen molar-refractivity contribution in [1.29, 1.82) is 0 Å². The van der Waals surface area contributed by atoms with Gasteiger partial charge in [0.25, 0.3) is 0 Å². The predicted octanol–water partition coefficient (Wildman–Crippen LogP) is 4.82. The highest BCUT2D eigenvalue weighted by atomic mass is 35.5. The quantitative estimate of drug-likeness (QED) is 0.687. The molecule has 0 aliphatic heterocycles. The van der Waals surface area contributed by atoms with Crippen LogP contribution in [-0.2, 0) is 6.61 Å². The largest absolute Gasteiger partial charge is 0.493 e. The topological polar surface area (TPSA) is 64.7 Å². The molecular weight excluding hydrogens is 365 g/mol. The summed E-state index contributed by atoms with van der Waals surface area (Å²) < 4.78 is 16.0. The molecule has 0 saturated heterocycles. The molecule has 0 unspecified atom stereocenters. The average molecular weight is 380 g/mol. The molecule has 0 atom stereocenters. The smallest absolute Gasteiger partial charge is 0.176 e. The van der Waals surface area contributed by atoms with Crippen LogP contribution >= 0.6 is 23.2 Å². The van der Waals surface area contributed by atoms with E-state index in [9.17, 15) is 5.11 Å². The normalized spacial score (nSPS) is 10.8. The number of aromatic nitrogens is 1. The Bertz CT molecular complexity index is 888. The molecule has 7 heteroatoms. The molecule has 0 spiro atoms. The van der Waals surface area contributed by atoms with Gasteiger partial charge < -0.3 is 19.1 Å². The highest BCUT2D eigenvalue weighted by molar-refractivity contribution is 6.39. The number of benzene rings is 2. The Kier molecular flexibility index (Phi) is 5.18. The highest BCUT2D eigenvalue weighted by Gasteiger charge is 2.23. The number of ether oxygens (including phenoxy) is 2. The Hall–Kier alpha value is -2.21. The first-order valence-electron chi connectivity index (χ1n) is 7.36. The SMILES string of the molecule is COc1ccc(-c2noc(-c3c(Cl)cccc3Cl)c2CO)cc1OC. The number of aliphatic hydroxyl groups is 1. The van der Waals surface area contributed by atoms with Crippen LogP contribution in [0.15, 0.2) is 40.9 Å². The molecule has 1 N–H and O–H groups in total. The van der Waals surface area contributed by atoms with E-state index in [1.165, 1.54) is 0 Å².